The van der Waals surface area contributed by atoms with E-state index >= 15 is 0 Å². The topological polar surface area (TPSA) is 80.7 Å². The SMILES string of the molecule is O=C(O)COc1cccc2c1CCC(C=CCONC(=Cc1cccnc1)c1ccccc1)C2. The Labute approximate surface area is 199 Å². The van der Waals surface area contributed by atoms with Crippen molar-refractivity contribution in [1.29, 1.82) is 0 Å². The lowest BCUT2D eigenvalue weighted by atomic mass is 9.83. The van der Waals surface area contributed by atoms with Gasteiger partial charge < -0.3 is 9.84 Å². The number of nitrogens with zero attached hydrogens (tertiary/aromatic N) is 1. The zero-order valence-electron chi connectivity index (χ0n) is 18.9. The molecular weight excluding hydrogens is 428 g/mol. The van der Waals surface area contributed by atoms with E-state index in [4.69, 9.17) is 14.7 Å². The first kappa shape index (κ1) is 23.3. The molecule has 1 aliphatic rings. The first-order valence-corrected chi connectivity index (χ1v) is 11.4. The van der Waals surface area contributed by atoms with Gasteiger partial charge in [-0.05, 0) is 65.6 Å². The second-order valence-electron chi connectivity index (χ2n) is 8.13. The number of hydrogen-bond donors (Lipinski definition) is 2. The number of nitrogens with one attached hydrogen (secondary N) is 1. The summed E-state index contributed by atoms with van der Waals surface area (Å²) < 4.78 is 5.46. The minimum Gasteiger partial charge on any atom is -0.482 e. The molecule has 0 bridgehead atoms. The van der Waals surface area contributed by atoms with Gasteiger partial charge >= 0.3 is 5.97 Å². The highest BCUT2D eigenvalue weighted by Gasteiger charge is 2.20. The maximum atomic E-state index is 10.8. The summed E-state index contributed by atoms with van der Waals surface area (Å²) in [5.41, 5.74) is 8.30. The number of hydrogen-bond acceptors (Lipinski definition) is 5. The van der Waals surface area contributed by atoms with Crippen LogP contribution in [0.15, 0.2) is 85.2 Å². The van der Waals surface area contributed by atoms with E-state index < -0.39 is 5.97 Å². The molecule has 2 N–H and O–H groups in total. The zero-order valence-corrected chi connectivity index (χ0v) is 18.9. The van der Waals surface area contributed by atoms with E-state index in [2.05, 4.69) is 22.6 Å². The number of rotatable bonds is 10. The van der Waals surface area contributed by atoms with Crippen LogP contribution >= 0.6 is 0 Å². The van der Waals surface area contributed by atoms with Gasteiger partial charge in [-0.25, -0.2) is 4.79 Å². The van der Waals surface area contributed by atoms with Crippen molar-refractivity contribution in [3.8, 4) is 5.75 Å². The Hall–Kier alpha value is -3.90. The predicted molar refractivity (Wildman–Crippen MR) is 132 cm³/mol. The second-order valence-corrected chi connectivity index (χ2v) is 8.13. The van der Waals surface area contributed by atoms with Crippen LogP contribution in [-0.2, 0) is 22.5 Å². The van der Waals surface area contributed by atoms with E-state index in [1.165, 1.54) is 5.56 Å². The number of carboxylic acids is 1. The molecule has 0 saturated heterocycles. The second kappa shape index (κ2) is 11.8. The molecule has 0 amide bonds. The van der Waals surface area contributed by atoms with Gasteiger partial charge in [-0.15, -0.1) is 0 Å². The first-order valence-electron chi connectivity index (χ1n) is 11.4. The molecule has 1 unspecified atom stereocenters. The standard InChI is InChI=1S/C28H28N2O4/c31-28(32)20-33-27-12-4-11-24-17-21(13-14-25(24)27)8-6-16-34-30-26(23-9-2-1-3-10-23)18-22-7-5-15-29-19-22/h1-12,15,18-19,21,30H,13-14,16-17,20H2,(H,31,32). The lowest BCUT2D eigenvalue weighted by Crippen LogP contribution is -2.16. The molecule has 1 atom stereocenters. The fraction of sp³-hybridized carbons (Fsp3) is 0.214. The minimum atomic E-state index is -0.964. The molecule has 6 nitrogen and oxygen atoms in total. The number of hydroxylamine groups is 1. The number of carbonyl (C=O) groups is 1. The van der Waals surface area contributed by atoms with E-state index in [1.807, 2.05) is 72.9 Å². The van der Waals surface area contributed by atoms with Crippen LogP contribution in [0.25, 0.3) is 11.8 Å². The Morgan fingerprint density at radius 3 is 2.79 bits per heavy atom. The van der Waals surface area contributed by atoms with Crippen LogP contribution in [0.2, 0.25) is 0 Å². The van der Waals surface area contributed by atoms with Crippen LogP contribution in [0.4, 0.5) is 0 Å². The quantitative estimate of drug-likeness (QED) is 0.256. The van der Waals surface area contributed by atoms with Gasteiger partial charge in [0.05, 0.1) is 12.3 Å². The number of aromatic nitrogens is 1. The van der Waals surface area contributed by atoms with Crippen LogP contribution in [-0.4, -0.2) is 29.3 Å². The molecule has 1 aromatic heterocycles. The highest BCUT2D eigenvalue weighted by Crippen LogP contribution is 2.32. The number of fused-ring (bicyclic) bond motifs is 1. The fourth-order valence-electron chi connectivity index (χ4n) is 4.07. The molecule has 0 aliphatic heterocycles. The van der Waals surface area contributed by atoms with Gasteiger partial charge in [0.15, 0.2) is 6.61 Å². The van der Waals surface area contributed by atoms with Gasteiger partial charge in [0.2, 0.25) is 0 Å². The first-order chi connectivity index (χ1) is 16.7. The van der Waals surface area contributed by atoms with Gasteiger partial charge in [0.25, 0.3) is 0 Å². The third-order valence-corrected chi connectivity index (χ3v) is 5.68. The lowest BCUT2D eigenvalue weighted by molar-refractivity contribution is -0.139. The monoisotopic (exact) mass is 456 g/mol. The van der Waals surface area contributed by atoms with Gasteiger partial charge in [-0.1, -0.05) is 60.7 Å². The maximum absolute atomic E-state index is 10.8. The summed E-state index contributed by atoms with van der Waals surface area (Å²) in [6, 6.07) is 19.8. The summed E-state index contributed by atoms with van der Waals surface area (Å²) in [5, 5.41) is 8.88. The third-order valence-electron chi connectivity index (χ3n) is 5.68. The van der Waals surface area contributed by atoms with Crippen LogP contribution in [0.1, 0.15) is 28.7 Å². The molecule has 0 radical (unpaired) electrons. The van der Waals surface area contributed by atoms with Gasteiger partial charge in [0.1, 0.15) is 5.75 Å². The van der Waals surface area contributed by atoms with Crippen LogP contribution in [0, 0.1) is 5.92 Å². The van der Waals surface area contributed by atoms with Gasteiger partial charge in [-0.2, -0.15) is 0 Å². The molecule has 0 fully saturated rings. The van der Waals surface area contributed by atoms with E-state index in [9.17, 15) is 4.79 Å². The number of pyridine rings is 1. The molecule has 1 heterocycles. The molecule has 2 aromatic carbocycles. The normalized spacial score (nSPS) is 15.6. The van der Waals surface area contributed by atoms with Crippen molar-refractivity contribution in [2.24, 2.45) is 5.92 Å². The zero-order chi connectivity index (χ0) is 23.6. The van der Waals surface area contributed by atoms with Crippen molar-refractivity contribution >= 4 is 17.7 Å². The Morgan fingerprint density at radius 1 is 1.12 bits per heavy atom. The molecule has 1 aliphatic carbocycles. The highest BCUT2D eigenvalue weighted by atomic mass is 16.6. The summed E-state index contributed by atoms with van der Waals surface area (Å²) in [6.45, 7) is 0.118. The smallest absolute Gasteiger partial charge is 0.341 e. The lowest BCUT2D eigenvalue weighted by Gasteiger charge is -2.24. The van der Waals surface area contributed by atoms with Crippen LogP contribution in [0.5, 0.6) is 5.75 Å². The third kappa shape index (κ3) is 6.56. The number of benzene rings is 2. The van der Waals surface area contributed by atoms with Gasteiger partial charge in [-0.3, -0.25) is 15.3 Å². The molecular formula is C28H28N2O4. The van der Waals surface area contributed by atoms with Crippen molar-refractivity contribution in [2.45, 2.75) is 19.3 Å². The molecule has 0 saturated carbocycles. The number of aliphatic carboxylic acids is 1. The minimum absolute atomic E-state index is 0.315. The average molecular weight is 457 g/mol. The summed E-state index contributed by atoms with van der Waals surface area (Å²) in [4.78, 5) is 20.8. The Balaban J connectivity index is 1.32. The Kier molecular flexibility index (Phi) is 8.08. The summed E-state index contributed by atoms with van der Waals surface area (Å²) in [6.07, 6.45) is 12.6. The molecule has 4 rings (SSSR count). The van der Waals surface area contributed by atoms with E-state index in [-0.39, 0.29) is 6.61 Å². The molecule has 0 spiro atoms. The van der Waals surface area contributed by atoms with E-state index in [0.29, 0.717) is 18.3 Å². The van der Waals surface area contributed by atoms with Crippen molar-refractivity contribution in [2.75, 3.05) is 13.2 Å². The summed E-state index contributed by atoms with van der Waals surface area (Å²) >= 11 is 0. The summed E-state index contributed by atoms with van der Waals surface area (Å²) in [7, 11) is 0. The van der Waals surface area contributed by atoms with E-state index in [0.717, 1.165) is 41.6 Å². The van der Waals surface area contributed by atoms with Crippen molar-refractivity contribution in [3.63, 3.8) is 0 Å². The predicted octanol–water partition coefficient (Wildman–Crippen LogP) is 4.93. The number of allylic oxidation sites excluding steroid dienone is 1. The van der Waals surface area contributed by atoms with Crippen molar-refractivity contribution < 1.29 is 19.5 Å². The van der Waals surface area contributed by atoms with Gasteiger partial charge in [0, 0.05) is 12.4 Å². The van der Waals surface area contributed by atoms with Crippen molar-refractivity contribution in [1.82, 2.24) is 10.5 Å². The van der Waals surface area contributed by atoms with Crippen LogP contribution < -0.4 is 10.2 Å². The number of ether oxygens (including phenoxy) is 1. The average Bonchev–Trinajstić information content (AvgIpc) is 2.87. The Bertz CT molecular complexity index is 1140. The molecule has 3 aromatic rings. The molecule has 6 heteroatoms. The van der Waals surface area contributed by atoms with Crippen LogP contribution in [0.3, 0.4) is 0 Å². The van der Waals surface area contributed by atoms with Crippen molar-refractivity contribution in [3.05, 3.63) is 107 Å². The summed E-state index contributed by atoms with van der Waals surface area (Å²) in [5.74, 6) is 0.127. The maximum Gasteiger partial charge on any atom is 0.341 e. The Morgan fingerprint density at radius 2 is 2.00 bits per heavy atom. The molecule has 174 valence electrons. The number of carboxylic acid groups (broad SMARTS) is 1. The fourth-order valence-corrected chi connectivity index (χ4v) is 4.07. The molecule has 34 heavy (non-hydrogen) atoms. The largest absolute Gasteiger partial charge is 0.482 e. The van der Waals surface area contributed by atoms with E-state index in [1.54, 1.807) is 6.20 Å². The highest BCUT2D eigenvalue weighted by molar-refractivity contribution is 5.79.